The highest BCUT2D eigenvalue weighted by Gasteiger charge is 2.05. The van der Waals surface area contributed by atoms with Gasteiger partial charge in [0, 0.05) is 11.5 Å². The lowest BCUT2D eigenvalue weighted by molar-refractivity contribution is 0.475. The van der Waals surface area contributed by atoms with E-state index in [4.69, 9.17) is 0 Å². The van der Waals surface area contributed by atoms with Crippen LogP contribution in [-0.4, -0.2) is 14.9 Å². The number of nitrogens with zero attached hydrogens (tertiary/aromatic N) is 2. The maximum Gasteiger partial charge on any atom is 0.125 e. The monoisotopic (exact) mass is 228 g/mol. The molecule has 17 heavy (non-hydrogen) atoms. The van der Waals surface area contributed by atoms with Gasteiger partial charge < -0.3 is 5.11 Å². The summed E-state index contributed by atoms with van der Waals surface area (Å²) in [5.41, 5.74) is 1.49. The summed E-state index contributed by atoms with van der Waals surface area (Å²) in [6.07, 6.45) is 1.68. The van der Waals surface area contributed by atoms with Gasteiger partial charge >= 0.3 is 0 Å². The Kier molecular flexibility index (Phi) is 2.08. The zero-order valence-corrected chi connectivity index (χ0v) is 8.84. The van der Waals surface area contributed by atoms with E-state index in [9.17, 15) is 9.50 Å². The van der Waals surface area contributed by atoms with Crippen molar-refractivity contribution < 1.29 is 9.50 Å². The van der Waals surface area contributed by atoms with Crippen molar-refractivity contribution in [2.75, 3.05) is 0 Å². The Balaban J connectivity index is 2.23. The van der Waals surface area contributed by atoms with Gasteiger partial charge in [-0.25, -0.2) is 9.07 Å². The molecular weight excluding hydrogens is 219 g/mol. The van der Waals surface area contributed by atoms with E-state index in [0.29, 0.717) is 5.52 Å². The number of fused-ring (bicyclic) bond motifs is 1. The van der Waals surface area contributed by atoms with E-state index in [2.05, 4.69) is 5.10 Å². The Labute approximate surface area is 96.7 Å². The van der Waals surface area contributed by atoms with Gasteiger partial charge in [-0.2, -0.15) is 5.10 Å². The highest BCUT2D eigenvalue weighted by Crippen LogP contribution is 2.20. The van der Waals surface area contributed by atoms with Gasteiger partial charge in [-0.1, -0.05) is 0 Å². The minimum Gasteiger partial charge on any atom is -0.508 e. The second-order valence-corrected chi connectivity index (χ2v) is 3.78. The van der Waals surface area contributed by atoms with Crippen molar-refractivity contribution >= 4 is 10.9 Å². The summed E-state index contributed by atoms with van der Waals surface area (Å²) < 4.78 is 14.8. The second kappa shape index (κ2) is 3.59. The van der Waals surface area contributed by atoms with Crippen molar-refractivity contribution in [1.29, 1.82) is 0 Å². The predicted octanol–water partition coefficient (Wildman–Crippen LogP) is 2.87. The summed E-state index contributed by atoms with van der Waals surface area (Å²) in [6, 6.07) is 11.1. The van der Waals surface area contributed by atoms with Crippen LogP contribution in [0.2, 0.25) is 0 Å². The minimum atomic E-state index is -0.293. The fourth-order valence-electron chi connectivity index (χ4n) is 1.79. The Hall–Kier alpha value is -2.36. The molecule has 4 heteroatoms. The van der Waals surface area contributed by atoms with E-state index in [1.807, 2.05) is 0 Å². The van der Waals surface area contributed by atoms with Crippen LogP contribution in [0.1, 0.15) is 0 Å². The molecule has 84 valence electrons. The number of phenols is 1. The van der Waals surface area contributed by atoms with Crippen LogP contribution in [0.3, 0.4) is 0 Å². The van der Waals surface area contributed by atoms with Gasteiger partial charge in [-0.15, -0.1) is 0 Å². The Morgan fingerprint density at radius 3 is 2.59 bits per heavy atom. The molecule has 0 radical (unpaired) electrons. The summed E-state index contributed by atoms with van der Waals surface area (Å²) >= 11 is 0. The maximum atomic E-state index is 13.2. The number of hydrogen-bond donors (Lipinski definition) is 1. The molecule has 0 saturated carbocycles. The minimum absolute atomic E-state index is 0.191. The van der Waals surface area contributed by atoms with Crippen molar-refractivity contribution in [2.24, 2.45) is 0 Å². The second-order valence-electron chi connectivity index (χ2n) is 3.78. The van der Waals surface area contributed by atoms with Crippen LogP contribution in [0, 0.1) is 5.82 Å². The van der Waals surface area contributed by atoms with Crippen molar-refractivity contribution in [2.45, 2.75) is 0 Å². The largest absolute Gasteiger partial charge is 0.508 e. The predicted molar refractivity (Wildman–Crippen MR) is 62.7 cm³/mol. The number of aromatic nitrogens is 2. The zero-order chi connectivity index (χ0) is 11.8. The van der Waals surface area contributed by atoms with Crippen molar-refractivity contribution in [3.63, 3.8) is 0 Å². The van der Waals surface area contributed by atoms with Crippen LogP contribution < -0.4 is 0 Å². The van der Waals surface area contributed by atoms with Gasteiger partial charge in [-0.3, -0.25) is 0 Å². The van der Waals surface area contributed by atoms with Gasteiger partial charge in [-0.05, 0) is 36.4 Å². The SMILES string of the molecule is Oc1ccc(-n2ncc3ccc(F)cc32)cc1. The summed E-state index contributed by atoms with van der Waals surface area (Å²) in [4.78, 5) is 0. The van der Waals surface area contributed by atoms with Gasteiger partial charge in [0.25, 0.3) is 0 Å². The molecule has 3 aromatic rings. The van der Waals surface area contributed by atoms with E-state index in [0.717, 1.165) is 11.1 Å². The molecule has 0 unspecified atom stereocenters. The number of rotatable bonds is 1. The molecule has 0 aliphatic heterocycles. The number of benzene rings is 2. The number of phenolic OH excluding ortho intramolecular Hbond substituents is 1. The van der Waals surface area contributed by atoms with Crippen LogP contribution in [0.5, 0.6) is 5.75 Å². The average molecular weight is 228 g/mol. The quantitative estimate of drug-likeness (QED) is 0.695. The van der Waals surface area contributed by atoms with E-state index in [-0.39, 0.29) is 11.6 Å². The lowest BCUT2D eigenvalue weighted by Gasteiger charge is -2.03. The molecule has 0 amide bonds. The Morgan fingerprint density at radius 1 is 1.06 bits per heavy atom. The summed E-state index contributed by atoms with van der Waals surface area (Å²) in [7, 11) is 0. The van der Waals surface area contributed by atoms with Gasteiger partial charge in [0.05, 0.1) is 17.4 Å². The molecule has 0 spiro atoms. The molecule has 0 atom stereocenters. The molecular formula is C13H9FN2O. The number of halogens is 1. The molecule has 3 nitrogen and oxygen atoms in total. The molecule has 2 aromatic carbocycles. The maximum absolute atomic E-state index is 13.2. The lowest BCUT2D eigenvalue weighted by atomic mass is 10.2. The summed E-state index contributed by atoms with van der Waals surface area (Å²) in [5.74, 6) is -0.102. The molecule has 0 aliphatic carbocycles. The number of hydrogen-bond acceptors (Lipinski definition) is 2. The molecule has 1 N–H and O–H groups in total. The Morgan fingerprint density at radius 2 is 1.82 bits per heavy atom. The van der Waals surface area contributed by atoms with Crippen LogP contribution >= 0.6 is 0 Å². The normalized spacial score (nSPS) is 10.9. The standard InChI is InChI=1S/C13H9FN2O/c14-10-2-1-9-8-15-16(13(9)7-10)11-3-5-12(17)6-4-11/h1-8,17H. The topological polar surface area (TPSA) is 38.0 Å². The van der Waals surface area contributed by atoms with E-state index >= 15 is 0 Å². The summed E-state index contributed by atoms with van der Waals surface area (Å²) in [6.45, 7) is 0. The first-order valence-corrected chi connectivity index (χ1v) is 5.17. The van der Waals surface area contributed by atoms with Crippen LogP contribution in [-0.2, 0) is 0 Å². The molecule has 0 saturated heterocycles. The van der Waals surface area contributed by atoms with Crippen molar-refractivity contribution in [3.05, 3.63) is 54.5 Å². The van der Waals surface area contributed by atoms with Crippen molar-refractivity contribution in [3.8, 4) is 11.4 Å². The first-order valence-electron chi connectivity index (χ1n) is 5.17. The van der Waals surface area contributed by atoms with Gasteiger partial charge in [0.1, 0.15) is 11.6 Å². The summed E-state index contributed by atoms with van der Waals surface area (Å²) in [5, 5.41) is 14.3. The Bertz CT molecular complexity index is 673. The first kappa shape index (κ1) is 9.84. The lowest BCUT2D eigenvalue weighted by Crippen LogP contribution is -1.95. The van der Waals surface area contributed by atoms with Crippen LogP contribution in [0.15, 0.2) is 48.7 Å². The zero-order valence-electron chi connectivity index (χ0n) is 8.84. The molecule has 1 heterocycles. The van der Waals surface area contributed by atoms with E-state index < -0.39 is 0 Å². The van der Waals surface area contributed by atoms with E-state index in [1.165, 1.54) is 12.1 Å². The smallest absolute Gasteiger partial charge is 0.125 e. The highest BCUT2D eigenvalue weighted by molar-refractivity contribution is 5.80. The molecule has 3 rings (SSSR count). The third-order valence-electron chi connectivity index (χ3n) is 2.63. The van der Waals surface area contributed by atoms with Crippen molar-refractivity contribution in [1.82, 2.24) is 9.78 Å². The third-order valence-corrected chi connectivity index (χ3v) is 2.63. The molecule has 1 aromatic heterocycles. The fraction of sp³-hybridized carbons (Fsp3) is 0. The fourth-order valence-corrected chi connectivity index (χ4v) is 1.79. The van der Waals surface area contributed by atoms with Gasteiger partial charge in [0.2, 0.25) is 0 Å². The van der Waals surface area contributed by atoms with Crippen LogP contribution in [0.25, 0.3) is 16.6 Å². The van der Waals surface area contributed by atoms with Gasteiger partial charge in [0.15, 0.2) is 0 Å². The number of aromatic hydroxyl groups is 1. The molecule has 0 bridgehead atoms. The average Bonchev–Trinajstić information content (AvgIpc) is 2.73. The van der Waals surface area contributed by atoms with E-state index in [1.54, 1.807) is 41.2 Å². The highest BCUT2D eigenvalue weighted by atomic mass is 19.1. The third kappa shape index (κ3) is 1.63. The molecule has 0 fully saturated rings. The van der Waals surface area contributed by atoms with Crippen LogP contribution in [0.4, 0.5) is 4.39 Å². The first-order chi connectivity index (χ1) is 8.24. The molecule has 0 aliphatic rings.